The van der Waals surface area contributed by atoms with Crippen molar-refractivity contribution in [3.8, 4) is 0 Å². The van der Waals surface area contributed by atoms with Crippen LogP contribution in [-0.4, -0.2) is 13.1 Å². The Kier molecular flexibility index (Phi) is 1.89. The molecule has 3 unspecified atom stereocenters. The number of halogens is 1. The lowest BCUT2D eigenvalue weighted by Gasteiger charge is -2.39. The molecule has 1 aromatic rings. The summed E-state index contributed by atoms with van der Waals surface area (Å²) < 4.78 is 0.935. The second-order valence-corrected chi connectivity index (χ2v) is 5.81. The number of hydrogen-bond donors (Lipinski definition) is 1. The van der Waals surface area contributed by atoms with Crippen molar-refractivity contribution >= 4 is 22.9 Å². The maximum Gasteiger partial charge on any atom is 0.0931 e. The van der Waals surface area contributed by atoms with Crippen LogP contribution in [0.4, 0.5) is 0 Å². The molecule has 70 valence electrons. The largest absolute Gasteiger partial charge is 0.316 e. The molecule has 3 atom stereocenters. The molecule has 1 saturated heterocycles. The highest BCUT2D eigenvalue weighted by atomic mass is 35.5. The maximum absolute atomic E-state index is 5.93. The molecule has 1 aromatic heterocycles. The summed E-state index contributed by atoms with van der Waals surface area (Å²) in [5, 5.41) is 3.46. The molecular weight excluding hydrogens is 202 g/mol. The summed E-state index contributed by atoms with van der Waals surface area (Å²) in [5.41, 5.74) is 0. The van der Waals surface area contributed by atoms with Crippen LogP contribution in [-0.2, 0) is 0 Å². The zero-order valence-electron chi connectivity index (χ0n) is 7.29. The molecule has 2 heterocycles. The van der Waals surface area contributed by atoms with Crippen LogP contribution in [0.15, 0.2) is 12.1 Å². The lowest BCUT2D eigenvalue weighted by atomic mass is 9.66. The average molecular weight is 214 g/mol. The third-order valence-corrected chi connectivity index (χ3v) is 4.79. The van der Waals surface area contributed by atoms with Crippen LogP contribution >= 0.6 is 22.9 Å². The first-order valence-corrected chi connectivity index (χ1v) is 6.00. The first-order valence-electron chi connectivity index (χ1n) is 4.80. The van der Waals surface area contributed by atoms with Gasteiger partial charge in [0.05, 0.1) is 4.34 Å². The molecule has 0 radical (unpaired) electrons. The van der Waals surface area contributed by atoms with E-state index < -0.39 is 0 Å². The Labute approximate surface area is 87.1 Å². The van der Waals surface area contributed by atoms with E-state index in [0.717, 1.165) is 22.1 Å². The number of thiophene rings is 1. The fourth-order valence-corrected chi connectivity index (χ4v) is 3.89. The van der Waals surface area contributed by atoms with Crippen molar-refractivity contribution in [3.05, 3.63) is 21.3 Å². The molecule has 2 aliphatic rings. The lowest BCUT2D eigenvalue weighted by Crippen LogP contribution is -2.32. The normalized spacial score (nSPS) is 37.2. The molecule has 0 aromatic carbocycles. The molecule has 1 saturated carbocycles. The van der Waals surface area contributed by atoms with E-state index in [4.69, 9.17) is 11.6 Å². The predicted octanol–water partition coefficient (Wildman–Crippen LogP) is 2.72. The van der Waals surface area contributed by atoms with Crippen molar-refractivity contribution in [1.82, 2.24) is 5.32 Å². The minimum atomic E-state index is 0.803. The van der Waals surface area contributed by atoms with Crippen molar-refractivity contribution < 1.29 is 0 Å². The highest BCUT2D eigenvalue weighted by Gasteiger charge is 2.44. The topological polar surface area (TPSA) is 12.0 Å². The van der Waals surface area contributed by atoms with E-state index in [1.807, 2.05) is 6.07 Å². The van der Waals surface area contributed by atoms with E-state index in [-0.39, 0.29) is 0 Å². The Morgan fingerprint density at radius 3 is 3.00 bits per heavy atom. The third-order valence-electron chi connectivity index (χ3n) is 3.43. The first kappa shape index (κ1) is 8.27. The molecule has 3 rings (SSSR count). The van der Waals surface area contributed by atoms with Crippen LogP contribution in [0.1, 0.15) is 17.2 Å². The molecule has 1 N–H and O–H groups in total. The number of fused-ring (bicyclic) bond motifs is 1. The maximum atomic E-state index is 5.93. The minimum absolute atomic E-state index is 0.803. The summed E-state index contributed by atoms with van der Waals surface area (Å²) in [7, 11) is 0. The van der Waals surface area contributed by atoms with E-state index in [1.54, 1.807) is 11.3 Å². The van der Waals surface area contributed by atoms with Gasteiger partial charge in [-0.2, -0.15) is 0 Å². The highest BCUT2D eigenvalue weighted by Crippen LogP contribution is 2.50. The SMILES string of the molecule is Clc1ccc(C2CC3CNCC32)s1. The minimum Gasteiger partial charge on any atom is -0.316 e. The molecular formula is C10H12ClNS. The van der Waals surface area contributed by atoms with E-state index in [9.17, 15) is 0 Å². The van der Waals surface area contributed by atoms with Crippen molar-refractivity contribution in [1.29, 1.82) is 0 Å². The second-order valence-electron chi connectivity index (χ2n) is 4.07. The van der Waals surface area contributed by atoms with Crippen molar-refractivity contribution in [2.24, 2.45) is 11.8 Å². The molecule has 1 aliphatic heterocycles. The van der Waals surface area contributed by atoms with Gasteiger partial charge in [0.25, 0.3) is 0 Å². The molecule has 1 nitrogen and oxygen atoms in total. The van der Waals surface area contributed by atoms with E-state index in [0.29, 0.717) is 0 Å². The van der Waals surface area contributed by atoms with Crippen molar-refractivity contribution in [3.63, 3.8) is 0 Å². The Balaban J connectivity index is 1.80. The average Bonchev–Trinajstić information content (AvgIpc) is 2.61. The van der Waals surface area contributed by atoms with Gasteiger partial charge in [-0.3, -0.25) is 0 Å². The monoisotopic (exact) mass is 213 g/mol. The van der Waals surface area contributed by atoms with Gasteiger partial charge < -0.3 is 5.32 Å². The Morgan fingerprint density at radius 2 is 2.31 bits per heavy atom. The fourth-order valence-electron chi connectivity index (χ4n) is 2.64. The van der Waals surface area contributed by atoms with Gasteiger partial charge in [0.2, 0.25) is 0 Å². The predicted molar refractivity (Wildman–Crippen MR) is 56.5 cm³/mol. The summed E-state index contributed by atoms with van der Waals surface area (Å²) in [5.74, 6) is 2.65. The van der Waals surface area contributed by atoms with Gasteiger partial charge in [0.1, 0.15) is 0 Å². The first-order chi connectivity index (χ1) is 6.34. The number of nitrogens with one attached hydrogen (secondary N) is 1. The van der Waals surface area contributed by atoms with Crippen LogP contribution in [0.5, 0.6) is 0 Å². The molecule has 0 amide bonds. The third kappa shape index (κ3) is 1.24. The van der Waals surface area contributed by atoms with Gasteiger partial charge in [-0.25, -0.2) is 0 Å². The zero-order chi connectivity index (χ0) is 8.84. The second kappa shape index (κ2) is 2.97. The van der Waals surface area contributed by atoms with Crippen LogP contribution < -0.4 is 5.32 Å². The van der Waals surface area contributed by atoms with Crippen molar-refractivity contribution in [2.45, 2.75) is 12.3 Å². The summed E-state index contributed by atoms with van der Waals surface area (Å²) in [4.78, 5) is 1.50. The molecule has 0 spiro atoms. The highest BCUT2D eigenvalue weighted by molar-refractivity contribution is 7.16. The van der Waals surface area contributed by atoms with Gasteiger partial charge in [0.15, 0.2) is 0 Å². The van der Waals surface area contributed by atoms with E-state index in [1.165, 1.54) is 24.4 Å². The molecule has 13 heavy (non-hydrogen) atoms. The van der Waals surface area contributed by atoms with Crippen LogP contribution in [0.25, 0.3) is 0 Å². The molecule has 3 heteroatoms. The van der Waals surface area contributed by atoms with Gasteiger partial charge >= 0.3 is 0 Å². The Morgan fingerprint density at radius 1 is 1.38 bits per heavy atom. The summed E-state index contributed by atoms with van der Waals surface area (Å²) in [6.07, 6.45) is 1.37. The van der Waals surface area contributed by atoms with Gasteiger partial charge in [-0.05, 0) is 49.4 Å². The molecule has 2 fully saturated rings. The van der Waals surface area contributed by atoms with Crippen LogP contribution in [0.3, 0.4) is 0 Å². The Hall–Kier alpha value is -0.0500. The smallest absolute Gasteiger partial charge is 0.0931 e. The van der Waals surface area contributed by atoms with Gasteiger partial charge in [-0.15, -0.1) is 11.3 Å². The molecule has 1 aliphatic carbocycles. The molecule has 0 bridgehead atoms. The van der Waals surface area contributed by atoms with E-state index in [2.05, 4.69) is 11.4 Å². The van der Waals surface area contributed by atoms with Crippen LogP contribution in [0.2, 0.25) is 4.34 Å². The van der Waals surface area contributed by atoms with Crippen molar-refractivity contribution in [2.75, 3.05) is 13.1 Å². The zero-order valence-corrected chi connectivity index (χ0v) is 8.87. The quantitative estimate of drug-likeness (QED) is 0.757. The van der Waals surface area contributed by atoms with Crippen LogP contribution in [0, 0.1) is 11.8 Å². The summed E-state index contributed by atoms with van der Waals surface area (Å²) >= 11 is 7.69. The lowest BCUT2D eigenvalue weighted by molar-refractivity contribution is 0.194. The summed E-state index contributed by atoms with van der Waals surface area (Å²) in [6.45, 7) is 2.45. The number of hydrogen-bond acceptors (Lipinski definition) is 2. The standard InChI is InChI=1S/C10H12ClNS/c11-10-2-1-9(13-10)7-3-6-4-12-5-8(6)7/h1-2,6-8,12H,3-5H2. The Bertz CT molecular complexity index is 322. The van der Waals surface area contributed by atoms with Gasteiger partial charge in [-0.1, -0.05) is 11.6 Å². The van der Waals surface area contributed by atoms with Gasteiger partial charge in [0, 0.05) is 4.88 Å². The summed E-state index contributed by atoms with van der Waals surface area (Å²) in [6, 6.07) is 4.23. The fraction of sp³-hybridized carbons (Fsp3) is 0.600. The van der Waals surface area contributed by atoms with E-state index >= 15 is 0 Å². The number of rotatable bonds is 1.